The molecule has 1 nitrogen and oxygen atoms in total. The highest BCUT2D eigenvalue weighted by atomic mass is 32.2. The Bertz CT molecular complexity index is 148. The van der Waals surface area contributed by atoms with Crippen molar-refractivity contribution in [3.63, 3.8) is 0 Å². The molecule has 0 unspecified atom stereocenters. The monoisotopic (exact) mass is 200 g/mol. The van der Waals surface area contributed by atoms with Crippen LogP contribution in [0.1, 0.15) is 44.9 Å². The maximum atomic E-state index is 11.6. The molecule has 13 heavy (non-hydrogen) atoms. The summed E-state index contributed by atoms with van der Waals surface area (Å²) in [6, 6.07) is 0. The second kappa shape index (κ2) is 6.47. The van der Waals surface area contributed by atoms with Crippen LogP contribution in [0.15, 0.2) is 0 Å². The van der Waals surface area contributed by atoms with Crippen LogP contribution in [-0.2, 0) is 4.79 Å². The van der Waals surface area contributed by atoms with E-state index in [-0.39, 0.29) is 0 Å². The molecule has 0 amide bonds. The minimum atomic E-state index is 0.396. The number of hydrogen-bond acceptors (Lipinski definition) is 2. The van der Waals surface area contributed by atoms with Gasteiger partial charge >= 0.3 is 0 Å². The Balaban J connectivity index is 2.32. The Labute approximate surface area is 85.7 Å². The fourth-order valence-corrected chi connectivity index (χ4v) is 2.56. The van der Waals surface area contributed by atoms with Gasteiger partial charge in [-0.1, -0.05) is 32.1 Å². The van der Waals surface area contributed by atoms with Crippen LogP contribution in [0, 0.1) is 5.92 Å². The molecule has 0 N–H and O–H groups in total. The molecule has 0 saturated heterocycles. The second-order valence-corrected chi connectivity index (χ2v) is 4.81. The molecule has 0 aromatic rings. The summed E-state index contributed by atoms with van der Waals surface area (Å²) in [7, 11) is 0. The average Bonchev–Trinajstić information content (AvgIpc) is 2.03. The second-order valence-electron chi connectivity index (χ2n) is 3.94. The van der Waals surface area contributed by atoms with Crippen LogP contribution in [-0.4, -0.2) is 17.8 Å². The lowest BCUT2D eigenvalue weighted by molar-refractivity contribution is -0.120. The number of carbonyl (C=O) groups excluding carboxylic acids is 1. The zero-order valence-corrected chi connectivity index (χ0v) is 9.37. The van der Waals surface area contributed by atoms with Gasteiger partial charge in [-0.3, -0.25) is 4.79 Å². The standard InChI is InChI=1S/C11H20OS/c1-13-9-11(12)10-7-5-3-2-4-6-8-10/h10H,2-9H2,1H3. The smallest absolute Gasteiger partial charge is 0.145 e. The van der Waals surface area contributed by atoms with Crippen molar-refractivity contribution in [2.45, 2.75) is 44.9 Å². The molecule has 1 fully saturated rings. The lowest BCUT2D eigenvalue weighted by Crippen LogP contribution is -2.17. The van der Waals surface area contributed by atoms with Crippen molar-refractivity contribution in [2.75, 3.05) is 12.0 Å². The zero-order chi connectivity index (χ0) is 9.52. The van der Waals surface area contributed by atoms with Gasteiger partial charge in [0.25, 0.3) is 0 Å². The maximum Gasteiger partial charge on any atom is 0.145 e. The summed E-state index contributed by atoms with van der Waals surface area (Å²) in [4.78, 5) is 11.6. The Morgan fingerprint density at radius 3 is 2.23 bits per heavy atom. The van der Waals surface area contributed by atoms with Crippen LogP contribution in [0.2, 0.25) is 0 Å². The topological polar surface area (TPSA) is 17.1 Å². The predicted octanol–water partition coefficient (Wildman–Crippen LogP) is 3.28. The highest BCUT2D eigenvalue weighted by molar-refractivity contribution is 7.99. The van der Waals surface area contributed by atoms with E-state index in [9.17, 15) is 4.79 Å². The van der Waals surface area contributed by atoms with Gasteiger partial charge in [-0.05, 0) is 19.1 Å². The molecule has 0 atom stereocenters. The molecule has 0 aromatic heterocycles. The molecule has 1 saturated carbocycles. The first kappa shape index (κ1) is 11.1. The summed E-state index contributed by atoms with van der Waals surface area (Å²) < 4.78 is 0. The van der Waals surface area contributed by atoms with Gasteiger partial charge in [-0.15, -0.1) is 0 Å². The number of rotatable bonds is 3. The van der Waals surface area contributed by atoms with Crippen molar-refractivity contribution in [1.82, 2.24) is 0 Å². The Morgan fingerprint density at radius 2 is 1.69 bits per heavy atom. The first-order valence-electron chi connectivity index (χ1n) is 5.36. The number of hydrogen-bond donors (Lipinski definition) is 0. The van der Waals surface area contributed by atoms with Crippen LogP contribution in [0.25, 0.3) is 0 Å². The molecule has 2 heteroatoms. The fraction of sp³-hybridized carbons (Fsp3) is 0.909. The Kier molecular flexibility index (Phi) is 5.52. The molecule has 0 spiro atoms. The first-order chi connectivity index (χ1) is 6.34. The van der Waals surface area contributed by atoms with Crippen molar-refractivity contribution >= 4 is 17.5 Å². The van der Waals surface area contributed by atoms with E-state index >= 15 is 0 Å². The summed E-state index contributed by atoms with van der Waals surface area (Å²) in [6.07, 6.45) is 10.9. The van der Waals surface area contributed by atoms with Crippen molar-refractivity contribution in [3.8, 4) is 0 Å². The normalized spacial score (nSPS) is 20.7. The molecule has 0 bridgehead atoms. The van der Waals surface area contributed by atoms with Crippen LogP contribution in [0.5, 0.6) is 0 Å². The number of Topliss-reactive ketones (excluding diaryl/α,β-unsaturated/α-hetero) is 1. The summed E-state index contributed by atoms with van der Waals surface area (Å²) in [6.45, 7) is 0. The van der Waals surface area contributed by atoms with Gasteiger partial charge in [0.1, 0.15) is 5.78 Å². The van der Waals surface area contributed by atoms with Crippen LogP contribution in [0.3, 0.4) is 0 Å². The van der Waals surface area contributed by atoms with Crippen molar-refractivity contribution in [2.24, 2.45) is 5.92 Å². The van der Waals surface area contributed by atoms with Gasteiger partial charge in [0.2, 0.25) is 0 Å². The Morgan fingerprint density at radius 1 is 1.15 bits per heavy atom. The largest absolute Gasteiger partial charge is 0.298 e. The molecule has 0 aromatic carbocycles. The number of ketones is 1. The van der Waals surface area contributed by atoms with Gasteiger partial charge in [-0.2, -0.15) is 11.8 Å². The molecule has 1 aliphatic carbocycles. The van der Waals surface area contributed by atoms with Crippen molar-refractivity contribution < 1.29 is 4.79 Å². The van der Waals surface area contributed by atoms with Crippen molar-refractivity contribution in [3.05, 3.63) is 0 Å². The Hall–Kier alpha value is 0.0200. The molecule has 0 aliphatic heterocycles. The van der Waals surface area contributed by atoms with Crippen LogP contribution >= 0.6 is 11.8 Å². The predicted molar refractivity (Wildman–Crippen MR) is 59.2 cm³/mol. The third kappa shape index (κ3) is 4.17. The molecule has 76 valence electrons. The highest BCUT2D eigenvalue weighted by Gasteiger charge is 2.18. The van der Waals surface area contributed by atoms with E-state index in [0.717, 1.165) is 18.6 Å². The van der Waals surface area contributed by atoms with Gasteiger partial charge in [0.15, 0.2) is 0 Å². The average molecular weight is 200 g/mol. The fourth-order valence-electron chi connectivity index (χ4n) is 2.04. The first-order valence-corrected chi connectivity index (χ1v) is 6.75. The third-order valence-electron chi connectivity index (χ3n) is 2.85. The maximum absolute atomic E-state index is 11.6. The number of carbonyl (C=O) groups is 1. The van der Waals surface area contributed by atoms with E-state index < -0.39 is 0 Å². The van der Waals surface area contributed by atoms with E-state index in [2.05, 4.69) is 0 Å². The number of thioether (sulfide) groups is 1. The third-order valence-corrected chi connectivity index (χ3v) is 3.42. The SMILES string of the molecule is CSCC(=O)C1CCCCCCC1. The van der Waals surface area contributed by atoms with Crippen LogP contribution < -0.4 is 0 Å². The zero-order valence-electron chi connectivity index (χ0n) is 8.55. The van der Waals surface area contributed by atoms with E-state index in [1.54, 1.807) is 11.8 Å². The van der Waals surface area contributed by atoms with Crippen LogP contribution in [0.4, 0.5) is 0 Å². The quantitative estimate of drug-likeness (QED) is 0.695. The van der Waals surface area contributed by atoms with Crippen molar-refractivity contribution in [1.29, 1.82) is 0 Å². The molecular formula is C11H20OS. The molecule has 1 rings (SSSR count). The molecule has 0 radical (unpaired) electrons. The summed E-state index contributed by atoms with van der Waals surface area (Å²) in [5.41, 5.74) is 0. The van der Waals surface area contributed by atoms with E-state index in [0.29, 0.717) is 11.7 Å². The lowest BCUT2D eigenvalue weighted by atomic mass is 9.89. The molecule has 0 heterocycles. The molecular weight excluding hydrogens is 180 g/mol. The van der Waals surface area contributed by atoms with E-state index in [4.69, 9.17) is 0 Å². The van der Waals surface area contributed by atoms with Gasteiger partial charge in [0, 0.05) is 5.92 Å². The van der Waals surface area contributed by atoms with E-state index in [1.165, 1.54) is 32.1 Å². The molecule has 1 aliphatic rings. The minimum Gasteiger partial charge on any atom is -0.298 e. The highest BCUT2D eigenvalue weighted by Crippen LogP contribution is 2.23. The van der Waals surface area contributed by atoms with Gasteiger partial charge < -0.3 is 0 Å². The summed E-state index contributed by atoms with van der Waals surface area (Å²) >= 11 is 1.67. The lowest BCUT2D eigenvalue weighted by Gasteiger charge is -2.17. The van der Waals surface area contributed by atoms with Gasteiger partial charge in [-0.25, -0.2) is 0 Å². The minimum absolute atomic E-state index is 0.396. The summed E-state index contributed by atoms with van der Waals surface area (Å²) in [5, 5.41) is 0. The van der Waals surface area contributed by atoms with Gasteiger partial charge in [0.05, 0.1) is 5.75 Å². The van der Waals surface area contributed by atoms with E-state index in [1.807, 2.05) is 6.26 Å². The summed E-state index contributed by atoms with van der Waals surface area (Å²) in [5.74, 6) is 1.62.